The summed E-state index contributed by atoms with van der Waals surface area (Å²) in [6.45, 7) is 5.56. The maximum absolute atomic E-state index is 13.2. The minimum Gasteiger partial charge on any atom is -0.338 e. The molecule has 1 aliphatic carbocycles. The molecule has 1 aromatic carbocycles. The molecule has 0 bridgehead atoms. The first kappa shape index (κ1) is 17.1. The molecule has 2 aliphatic heterocycles. The number of carbonyl (C=O) groups is 1. The SMILES string of the molecule is Cc1ccc(CC(=O)N2CCCC3CCCC(N4CCCC4)C32)cc1. The van der Waals surface area contributed by atoms with Crippen molar-refractivity contribution in [2.75, 3.05) is 19.6 Å². The van der Waals surface area contributed by atoms with Crippen LogP contribution in [0.3, 0.4) is 0 Å². The van der Waals surface area contributed by atoms with Crippen molar-refractivity contribution in [2.45, 2.75) is 70.4 Å². The largest absolute Gasteiger partial charge is 0.338 e. The van der Waals surface area contributed by atoms with E-state index in [0.717, 1.165) is 18.0 Å². The Labute approximate surface area is 152 Å². The van der Waals surface area contributed by atoms with Crippen molar-refractivity contribution < 1.29 is 4.79 Å². The van der Waals surface area contributed by atoms with Gasteiger partial charge >= 0.3 is 0 Å². The molecule has 25 heavy (non-hydrogen) atoms. The Kier molecular flexibility index (Phi) is 5.12. The van der Waals surface area contributed by atoms with Crippen LogP contribution in [-0.4, -0.2) is 47.4 Å². The molecule has 2 heterocycles. The fourth-order valence-corrected chi connectivity index (χ4v) is 5.44. The van der Waals surface area contributed by atoms with E-state index in [9.17, 15) is 4.79 Å². The van der Waals surface area contributed by atoms with E-state index < -0.39 is 0 Å². The predicted molar refractivity (Wildman–Crippen MR) is 102 cm³/mol. The Morgan fingerprint density at radius 3 is 2.44 bits per heavy atom. The molecular weight excluding hydrogens is 308 g/mol. The zero-order chi connectivity index (χ0) is 17.2. The molecule has 1 aromatic rings. The monoisotopic (exact) mass is 340 g/mol. The zero-order valence-corrected chi connectivity index (χ0v) is 15.6. The van der Waals surface area contributed by atoms with Gasteiger partial charge in [-0.2, -0.15) is 0 Å². The highest BCUT2D eigenvalue weighted by molar-refractivity contribution is 5.79. The normalized spacial score (nSPS) is 30.3. The summed E-state index contributed by atoms with van der Waals surface area (Å²) in [6, 6.07) is 9.56. The lowest BCUT2D eigenvalue weighted by Gasteiger charge is -2.51. The second-order valence-electron chi connectivity index (χ2n) is 8.38. The van der Waals surface area contributed by atoms with E-state index in [1.54, 1.807) is 0 Å². The molecule has 136 valence electrons. The van der Waals surface area contributed by atoms with Gasteiger partial charge in [-0.25, -0.2) is 0 Å². The highest BCUT2D eigenvalue weighted by atomic mass is 16.2. The van der Waals surface area contributed by atoms with Gasteiger partial charge in [-0.1, -0.05) is 36.2 Å². The van der Waals surface area contributed by atoms with Crippen molar-refractivity contribution in [2.24, 2.45) is 5.92 Å². The minimum atomic E-state index is 0.352. The number of carbonyl (C=O) groups excluding carboxylic acids is 1. The number of piperidine rings is 1. The van der Waals surface area contributed by atoms with E-state index in [4.69, 9.17) is 0 Å². The lowest BCUT2D eigenvalue weighted by atomic mass is 9.74. The first-order valence-corrected chi connectivity index (χ1v) is 10.3. The molecule has 1 amide bonds. The van der Waals surface area contributed by atoms with Crippen LogP contribution in [0.2, 0.25) is 0 Å². The van der Waals surface area contributed by atoms with E-state index in [-0.39, 0.29) is 0 Å². The van der Waals surface area contributed by atoms with Gasteiger partial charge in [0.15, 0.2) is 0 Å². The summed E-state index contributed by atoms with van der Waals surface area (Å²) in [5.41, 5.74) is 2.42. The summed E-state index contributed by atoms with van der Waals surface area (Å²) in [6.07, 6.45) is 9.71. The Balaban J connectivity index is 1.51. The van der Waals surface area contributed by atoms with E-state index in [1.807, 2.05) is 0 Å². The van der Waals surface area contributed by atoms with Crippen LogP contribution in [0.5, 0.6) is 0 Å². The quantitative estimate of drug-likeness (QED) is 0.836. The first-order chi connectivity index (χ1) is 12.2. The first-order valence-electron chi connectivity index (χ1n) is 10.3. The van der Waals surface area contributed by atoms with Gasteiger partial charge in [-0.3, -0.25) is 9.69 Å². The summed E-state index contributed by atoms with van der Waals surface area (Å²) in [5, 5.41) is 0. The van der Waals surface area contributed by atoms with Gasteiger partial charge in [-0.15, -0.1) is 0 Å². The summed E-state index contributed by atoms with van der Waals surface area (Å²) in [7, 11) is 0. The van der Waals surface area contributed by atoms with Crippen LogP contribution >= 0.6 is 0 Å². The molecule has 3 atom stereocenters. The van der Waals surface area contributed by atoms with Crippen LogP contribution in [0.4, 0.5) is 0 Å². The number of likely N-dealkylation sites (tertiary alicyclic amines) is 2. The smallest absolute Gasteiger partial charge is 0.227 e. The van der Waals surface area contributed by atoms with Gasteiger partial charge in [0.05, 0.1) is 12.5 Å². The van der Waals surface area contributed by atoms with Crippen LogP contribution in [0.15, 0.2) is 24.3 Å². The Morgan fingerprint density at radius 1 is 0.960 bits per heavy atom. The van der Waals surface area contributed by atoms with E-state index in [1.165, 1.54) is 63.6 Å². The van der Waals surface area contributed by atoms with Crippen molar-refractivity contribution >= 4 is 5.91 Å². The number of amides is 1. The van der Waals surface area contributed by atoms with Crippen molar-refractivity contribution in [1.82, 2.24) is 9.80 Å². The molecule has 3 aliphatic rings. The molecule has 0 aromatic heterocycles. The lowest BCUT2D eigenvalue weighted by Crippen LogP contribution is -2.60. The van der Waals surface area contributed by atoms with Crippen molar-refractivity contribution in [1.29, 1.82) is 0 Å². The fourth-order valence-electron chi connectivity index (χ4n) is 5.44. The number of hydrogen-bond acceptors (Lipinski definition) is 2. The van der Waals surface area contributed by atoms with Crippen LogP contribution in [0.25, 0.3) is 0 Å². The minimum absolute atomic E-state index is 0.352. The third kappa shape index (κ3) is 3.62. The second-order valence-corrected chi connectivity index (χ2v) is 8.38. The highest BCUT2D eigenvalue weighted by Gasteiger charge is 2.43. The molecular formula is C22H32N2O. The molecule has 2 saturated heterocycles. The standard InChI is InChI=1S/C22H32N2O/c1-17-9-11-18(12-10-17)16-21(25)24-15-5-7-19-6-4-8-20(22(19)24)23-13-2-3-14-23/h9-12,19-20,22H,2-8,13-16H2,1H3. The van der Waals surface area contributed by atoms with Gasteiger partial charge in [0, 0.05) is 12.6 Å². The topological polar surface area (TPSA) is 23.6 Å². The third-order valence-electron chi connectivity index (χ3n) is 6.69. The van der Waals surface area contributed by atoms with Crippen molar-refractivity contribution in [3.8, 4) is 0 Å². The molecule has 3 fully saturated rings. The number of rotatable bonds is 3. The molecule has 0 spiro atoms. The molecule has 3 nitrogen and oxygen atoms in total. The highest BCUT2D eigenvalue weighted by Crippen LogP contribution is 2.38. The van der Waals surface area contributed by atoms with Crippen LogP contribution in [0.1, 0.15) is 56.1 Å². The van der Waals surface area contributed by atoms with E-state index >= 15 is 0 Å². The van der Waals surface area contributed by atoms with Crippen LogP contribution in [0, 0.1) is 12.8 Å². The average molecular weight is 341 g/mol. The molecule has 4 rings (SSSR count). The summed E-state index contributed by atoms with van der Waals surface area (Å²) >= 11 is 0. The molecule has 3 heteroatoms. The molecule has 0 N–H and O–H groups in total. The number of nitrogens with zero attached hydrogens (tertiary/aromatic N) is 2. The van der Waals surface area contributed by atoms with Gasteiger partial charge in [-0.05, 0) is 70.0 Å². The fraction of sp³-hybridized carbons (Fsp3) is 0.682. The zero-order valence-electron chi connectivity index (χ0n) is 15.6. The predicted octanol–water partition coefficient (Wildman–Crippen LogP) is 3.79. The summed E-state index contributed by atoms with van der Waals surface area (Å²) in [5.74, 6) is 1.08. The van der Waals surface area contributed by atoms with Crippen LogP contribution in [-0.2, 0) is 11.2 Å². The molecule has 1 saturated carbocycles. The lowest BCUT2D eigenvalue weighted by molar-refractivity contribution is -0.139. The Bertz CT molecular complexity index is 589. The second kappa shape index (κ2) is 7.49. The summed E-state index contributed by atoms with van der Waals surface area (Å²) < 4.78 is 0. The third-order valence-corrected chi connectivity index (χ3v) is 6.69. The van der Waals surface area contributed by atoms with Crippen LogP contribution < -0.4 is 0 Å². The maximum Gasteiger partial charge on any atom is 0.227 e. The van der Waals surface area contributed by atoms with Gasteiger partial charge in [0.2, 0.25) is 5.91 Å². The maximum atomic E-state index is 13.2. The van der Waals surface area contributed by atoms with Gasteiger partial charge in [0.25, 0.3) is 0 Å². The van der Waals surface area contributed by atoms with E-state index in [2.05, 4.69) is 41.0 Å². The number of fused-ring (bicyclic) bond motifs is 1. The molecule has 0 radical (unpaired) electrons. The Morgan fingerprint density at radius 2 is 1.68 bits per heavy atom. The van der Waals surface area contributed by atoms with Gasteiger partial charge < -0.3 is 4.90 Å². The average Bonchev–Trinajstić information content (AvgIpc) is 3.17. The number of benzene rings is 1. The van der Waals surface area contributed by atoms with E-state index in [0.29, 0.717) is 24.4 Å². The van der Waals surface area contributed by atoms with Crippen molar-refractivity contribution in [3.63, 3.8) is 0 Å². The number of hydrogen-bond donors (Lipinski definition) is 0. The Hall–Kier alpha value is -1.35. The summed E-state index contributed by atoms with van der Waals surface area (Å²) in [4.78, 5) is 18.2. The number of aryl methyl sites for hydroxylation is 1. The molecule has 3 unspecified atom stereocenters. The van der Waals surface area contributed by atoms with Gasteiger partial charge in [0.1, 0.15) is 0 Å². The van der Waals surface area contributed by atoms with Crippen molar-refractivity contribution in [3.05, 3.63) is 35.4 Å².